The summed E-state index contributed by atoms with van der Waals surface area (Å²) in [5.74, 6) is -0.262. The van der Waals surface area contributed by atoms with Crippen molar-refractivity contribution in [1.82, 2.24) is 10.6 Å². The van der Waals surface area contributed by atoms with Gasteiger partial charge in [0.25, 0.3) is 5.91 Å². The van der Waals surface area contributed by atoms with Crippen LogP contribution in [-0.4, -0.2) is 25.5 Å². The van der Waals surface area contributed by atoms with E-state index in [1.54, 1.807) is 12.1 Å². The molecule has 0 spiro atoms. The number of rotatable bonds is 4. The Morgan fingerprint density at radius 1 is 1.33 bits per heavy atom. The summed E-state index contributed by atoms with van der Waals surface area (Å²) in [5.41, 5.74) is 0.917. The number of hydrogen-bond acceptors (Lipinski definition) is 2. The molecule has 0 unspecified atom stereocenters. The van der Waals surface area contributed by atoms with Gasteiger partial charge in [-0.15, -0.1) is 0 Å². The highest BCUT2D eigenvalue weighted by atomic mass is 35.5. The molecule has 0 aliphatic rings. The number of carbonyl (C=O) groups is 2. The van der Waals surface area contributed by atoms with Crippen molar-refractivity contribution >= 4 is 29.2 Å². The van der Waals surface area contributed by atoms with E-state index in [0.717, 1.165) is 6.42 Å². The lowest BCUT2D eigenvalue weighted by molar-refractivity contribution is 0.0963. The summed E-state index contributed by atoms with van der Waals surface area (Å²) < 4.78 is 0. The van der Waals surface area contributed by atoms with Crippen molar-refractivity contribution in [2.75, 3.05) is 18.9 Å². The Balaban J connectivity index is 2.72. The molecule has 0 heterocycles. The van der Waals surface area contributed by atoms with Gasteiger partial charge in [0.15, 0.2) is 0 Å². The van der Waals surface area contributed by atoms with Crippen LogP contribution in [-0.2, 0) is 0 Å². The van der Waals surface area contributed by atoms with Crippen LogP contribution in [0.25, 0.3) is 0 Å². The zero-order valence-corrected chi connectivity index (χ0v) is 11.1. The second-order valence-corrected chi connectivity index (χ2v) is 4.06. The second kappa shape index (κ2) is 6.86. The van der Waals surface area contributed by atoms with Crippen LogP contribution in [0.4, 0.5) is 10.5 Å². The standard InChI is InChI=1S/C12H16ClN3O2/c1-3-6-15-12(18)16-8-4-5-9(10(13)7-8)11(17)14-2/h4-5,7H,3,6H2,1-2H3,(H,14,17)(H2,15,16,18). The Morgan fingerprint density at radius 3 is 2.61 bits per heavy atom. The molecule has 18 heavy (non-hydrogen) atoms. The second-order valence-electron chi connectivity index (χ2n) is 3.65. The van der Waals surface area contributed by atoms with Gasteiger partial charge < -0.3 is 16.0 Å². The maximum atomic E-state index is 11.4. The Labute approximate surface area is 111 Å². The van der Waals surface area contributed by atoms with Crippen LogP contribution in [0.2, 0.25) is 5.02 Å². The minimum Gasteiger partial charge on any atom is -0.355 e. The molecular weight excluding hydrogens is 254 g/mol. The third-order valence-electron chi connectivity index (χ3n) is 2.23. The van der Waals surface area contributed by atoms with Gasteiger partial charge in [0.05, 0.1) is 10.6 Å². The predicted octanol–water partition coefficient (Wildman–Crippen LogP) is 2.23. The summed E-state index contributed by atoms with van der Waals surface area (Å²) in [6.07, 6.45) is 0.865. The average Bonchev–Trinajstić information content (AvgIpc) is 2.35. The molecule has 3 N–H and O–H groups in total. The number of anilines is 1. The zero-order chi connectivity index (χ0) is 13.5. The molecule has 0 radical (unpaired) electrons. The SMILES string of the molecule is CCCNC(=O)Nc1ccc(C(=O)NC)c(Cl)c1. The van der Waals surface area contributed by atoms with Crippen molar-refractivity contribution in [2.45, 2.75) is 13.3 Å². The van der Waals surface area contributed by atoms with Gasteiger partial charge in [-0.25, -0.2) is 4.79 Å². The summed E-state index contributed by atoms with van der Waals surface area (Å²) in [7, 11) is 1.53. The minimum atomic E-state index is -0.291. The summed E-state index contributed by atoms with van der Waals surface area (Å²) in [4.78, 5) is 22.8. The molecule has 3 amide bonds. The van der Waals surface area contributed by atoms with E-state index in [-0.39, 0.29) is 11.9 Å². The molecule has 0 fully saturated rings. The summed E-state index contributed by atoms with van der Waals surface area (Å²) >= 11 is 5.96. The van der Waals surface area contributed by atoms with Gasteiger partial charge in [0.1, 0.15) is 0 Å². The van der Waals surface area contributed by atoms with Gasteiger partial charge >= 0.3 is 6.03 Å². The van der Waals surface area contributed by atoms with Crippen LogP contribution in [0.1, 0.15) is 23.7 Å². The number of urea groups is 1. The van der Waals surface area contributed by atoms with E-state index in [0.29, 0.717) is 22.8 Å². The van der Waals surface area contributed by atoms with Crippen LogP contribution >= 0.6 is 11.6 Å². The van der Waals surface area contributed by atoms with E-state index in [1.165, 1.54) is 13.1 Å². The highest BCUT2D eigenvalue weighted by molar-refractivity contribution is 6.34. The van der Waals surface area contributed by atoms with E-state index in [4.69, 9.17) is 11.6 Å². The number of hydrogen-bond donors (Lipinski definition) is 3. The van der Waals surface area contributed by atoms with Crippen molar-refractivity contribution in [1.29, 1.82) is 0 Å². The van der Waals surface area contributed by atoms with Crippen LogP contribution < -0.4 is 16.0 Å². The molecule has 0 aliphatic carbocycles. The van der Waals surface area contributed by atoms with Crippen molar-refractivity contribution in [3.63, 3.8) is 0 Å². The van der Waals surface area contributed by atoms with Gasteiger partial charge in [-0.3, -0.25) is 4.79 Å². The summed E-state index contributed by atoms with van der Waals surface area (Å²) in [6.45, 7) is 2.57. The van der Waals surface area contributed by atoms with Gasteiger partial charge in [-0.05, 0) is 24.6 Å². The van der Waals surface area contributed by atoms with Gasteiger partial charge in [-0.1, -0.05) is 18.5 Å². The van der Waals surface area contributed by atoms with E-state index in [9.17, 15) is 9.59 Å². The number of nitrogens with one attached hydrogen (secondary N) is 3. The first-order valence-corrected chi connectivity index (χ1v) is 6.02. The van der Waals surface area contributed by atoms with E-state index in [1.807, 2.05) is 6.92 Å². The van der Waals surface area contributed by atoms with E-state index in [2.05, 4.69) is 16.0 Å². The summed E-state index contributed by atoms with van der Waals surface area (Å²) in [5, 5.41) is 8.09. The molecule has 0 bridgehead atoms. The third kappa shape index (κ3) is 3.92. The average molecular weight is 270 g/mol. The van der Waals surface area contributed by atoms with Crippen LogP contribution in [0.3, 0.4) is 0 Å². The first-order valence-electron chi connectivity index (χ1n) is 5.65. The molecule has 0 atom stereocenters. The largest absolute Gasteiger partial charge is 0.355 e. The third-order valence-corrected chi connectivity index (χ3v) is 2.55. The van der Waals surface area contributed by atoms with Crippen LogP contribution in [0, 0.1) is 0 Å². The topological polar surface area (TPSA) is 70.2 Å². The number of amides is 3. The molecule has 6 heteroatoms. The first-order chi connectivity index (χ1) is 8.58. The lowest BCUT2D eigenvalue weighted by Crippen LogP contribution is -2.29. The Bertz CT molecular complexity index is 449. The normalized spacial score (nSPS) is 9.72. The van der Waals surface area contributed by atoms with Gasteiger partial charge in [0.2, 0.25) is 0 Å². The molecule has 5 nitrogen and oxygen atoms in total. The van der Waals surface area contributed by atoms with E-state index >= 15 is 0 Å². The Hall–Kier alpha value is -1.75. The molecule has 0 aliphatic heterocycles. The molecule has 0 aromatic heterocycles. The quantitative estimate of drug-likeness (QED) is 0.784. The number of benzene rings is 1. The fourth-order valence-electron chi connectivity index (χ4n) is 1.33. The molecule has 98 valence electrons. The molecule has 1 aromatic rings. The first kappa shape index (κ1) is 14.3. The lowest BCUT2D eigenvalue weighted by Gasteiger charge is -2.08. The van der Waals surface area contributed by atoms with Crippen molar-refractivity contribution in [2.24, 2.45) is 0 Å². The highest BCUT2D eigenvalue weighted by Crippen LogP contribution is 2.20. The summed E-state index contributed by atoms with van der Waals surface area (Å²) in [6, 6.07) is 4.44. The van der Waals surface area contributed by atoms with Gasteiger partial charge in [0, 0.05) is 19.3 Å². The van der Waals surface area contributed by atoms with Crippen LogP contribution in [0.15, 0.2) is 18.2 Å². The molecule has 0 saturated carbocycles. The smallest absolute Gasteiger partial charge is 0.319 e. The fraction of sp³-hybridized carbons (Fsp3) is 0.333. The number of carbonyl (C=O) groups excluding carboxylic acids is 2. The maximum Gasteiger partial charge on any atom is 0.319 e. The molecule has 1 aromatic carbocycles. The minimum absolute atomic E-state index is 0.262. The van der Waals surface area contributed by atoms with Crippen molar-refractivity contribution in [3.8, 4) is 0 Å². The highest BCUT2D eigenvalue weighted by Gasteiger charge is 2.09. The molecule has 0 saturated heterocycles. The van der Waals surface area contributed by atoms with Crippen molar-refractivity contribution < 1.29 is 9.59 Å². The Morgan fingerprint density at radius 2 is 2.06 bits per heavy atom. The molecule has 1 rings (SSSR count). The van der Waals surface area contributed by atoms with E-state index < -0.39 is 0 Å². The van der Waals surface area contributed by atoms with Crippen molar-refractivity contribution in [3.05, 3.63) is 28.8 Å². The lowest BCUT2D eigenvalue weighted by atomic mass is 10.2. The fourth-order valence-corrected chi connectivity index (χ4v) is 1.59. The number of halogens is 1. The molecular formula is C12H16ClN3O2. The monoisotopic (exact) mass is 269 g/mol. The van der Waals surface area contributed by atoms with Crippen LogP contribution in [0.5, 0.6) is 0 Å². The van der Waals surface area contributed by atoms with Gasteiger partial charge in [-0.2, -0.15) is 0 Å². The zero-order valence-electron chi connectivity index (χ0n) is 10.3. The Kier molecular flexibility index (Phi) is 5.45. The maximum absolute atomic E-state index is 11.4. The predicted molar refractivity (Wildman–Crippen MR) is 72.2 cm³/mol.